The molecule has 0 saturated heterocycles. The number of amides is 1. The van der Waals surface area contributed by atoms with Gasteiger partial charge >= 0.3 is 0 Å². The number of anilines is 1. The highest BCUT2D eigenvalue weighted by Crippen LogP contribution is 2.20. The van der Waals surface area contributed by atoms with Crippen LogP contribution < -0.4 is 10.6 Å². The summed E-state index contributed by atoms with van der Waals surface area (Å²) >= 11 is 1.80. The molecule has 0 aliphatic heterocycles. The van der Waals surface area contributed by atoms with Gasteiger partial charge in [-0.05, 0) is 35.4 Å². The number of hydrogen-bond donors (Lipinski definition) is 1. The first-order valence-corrected chi connectivity index (χ1v) is 7.80. The van der Waals surface area contributed by atoms with E-state index in [1.54, 1.807) is 17.8 Å². The van der Waals surface area contributed by atoms with Gasteiger partial charge in [-0.1, -0.05) is 12.1 Å². The van der Waals surface area contributed by atoms with Gasteiger partial charge in [0.2, 0.25) is 5.91 Å². The van der Waals surface area contributed by atoms with Crippen LogP contribution in [0.3, 0.4) is 0 Å². The summed E-state index contributed by atoms with van der Waals surface area (Å²) in [5, 5.41) is 0. The van der Waals surface area contributed by atoms with Gasteiger partial charge in [0.05, 0.1) is 0 Å². The Balaban J connectivity index is 1.94. The average molecular weight is 301 g/mol. The summed E-state index contributed by atoms with van der Waals surface area (Å²) in [5.41, 5.74) is 8.20. The molecule has 0 aliphatic rings. The smallest absolute Gasteiger partial charge is 0.248 e. The Kier molecular flexibility index (Phi) is 5.22. The number of aromatic nitrogens is 1. The van der Waals surface area contributed by atoms with Crippen molar-refractivity contribution in [1.29, 1.82) is 0 Å². The lowest BCUT2D eigenvalue weighted by atomic mass is 10.1. The second-order valence-corrected chi connectivity index (χ2v) is 5.96. The fraction of sp³-hybridized carbons (Fsp3) is 0.250. The number of primary amides is 1. The third-order valence-electron chi connectivity index (χ3n) is 3.02. The molecule has 0 spiro atoms. The molecule has 1 aromatic carbocycles. The van der Waals surface area contributed by atoms with E-state index in [2.05, 4.69) is 11.1 Å². The molecule has 2 rings (SSSR count). The summed E-state index contributed by atoms with van der Waals surface area (Å²) in [5.74, 6) is 2.33. The van der Waals surface area contributed by atoms with E-state index >= 15 is 0 Å². The summed E-state index contributed by atoms with van der Waals surface area (Å²) in [6.45, 7) is 0. The van der Waals surface area contributed by atoms with Crippen LogP contribution in [-0.2, 0) is 11.5 Å². The number of rotatable bonds is 6. The van der Waals surface area contributed by atoms with Crippen molar-refractivity contribution in [3.8, 4) is 0 Å². The van der Waals surface area contributed by atoms with Crippen LogP contribution in [0, 0.1) is 0 Å². The zero-order chi connectivity index (χ0) is 15.2. The van der Waals surface area contributed by atoms with Gasteiger partial charge in [-0.25, -0.2) is 4.98 Å². The number of nitrogens with zero attached hydrogens (tertiary/aromatic N) is 2. The zero-order valence-electron chi connectivity index (χ0n) is 12.2. The Bertz CT molecular complexity index is 628. The van der Waals surface area contributed by atoms with E-state index in [0.29, 0.717) is 5.56 Å². The van der Waals surface area contributed by atoms with Gasteiger partial charge in [-0.3, -0.25) is 4.79 Å². The lowest BCUT2D eigenvalue weighted by Gasteiger charge is -2.12. The van der Waals surface area contributed by atoms with Crippen LogP contribution in [0.25, 0.3) is 0 Å². The van der Waals surface area contributed by atoms with E-state index in [-0.39, 0.29) is 5.91 Å². The standard InChI is InChI=1S/C16H19N3OS/c1-19(2)15-9-13(6-7-18-15)11-21-10-12-4-3-5-14(8-12)16(17)20/h3-9H,10-11H2,1-2H3,(H2,17,20). The van der Waals surface area contributed by atoms with Crippen molar-refractivity contribution in [3.05, 3.63) is 59.3 Å². The van der Waals surface area contributed by atoms with Crippen molar-refractivity contribution in [2.75, 3.05) is 19.0 Å². The third-order valence-corrected chi connectivity index (χ3v) is 4.09. The first kappa shape index (κ1) is 15.4. The normalized spacial score (nSPS) is 10.4. The van der Waals surface area contributed by atoms with Gasteiger partial charge in [0.1, 0.15) is 5.82 Å². The summed E-state index contributed by atoms with van der Waals surface area (Å²) in [6.07, 6.45) is 1.83. The van der Waals surface area contributed by atoms with Crippen LogP contribution in [0.5, 0.6) is 0 Å². The molecule has 1 heterocycles. The predicted molar refractivity (Wildman–Crippen MR) is 88.5 cm³/mol. The molecule has 0 unspecified atom stereocenters. The Morgan fingerprint density at radius 1 is 1.19 bits per heavy atom. The molecule has 0 aliphatic carbocycles. The van der Waals surface area contributed by atoms with Gasteiger partial charge in [-0.2, -0.15) is 11.8 Å². The second-order valence-electron chi connectivity index (χ2n) is 4.97. The minimum absolute atomic E-state index is 0.383. The largest absolute Gasteiger partial charge is 0.366 e. The fourth-order valence-electron chi connectivity index (χ4n) is 1.90. The molecule has 0 saturated carbocycles. The van der Waals surface area contributed by atoms with E-state index in [0.717, 1.165) is 22.9 Å². The van der Waals surface area contributed by atoms with Crippen LogP contribution in [-0.4, -0.2) is 25.0 Å². The second kappa shape index (κ2) is 7.13. The third kappa shape index (κ3) is 4.49. The number of carbonyl (C=O) groups is 1. The quantitative estimate of drug-likeness (QED) is 0.891. The Morgan fingerprint density at radius 2 is 1.90 bits per heavy atom. The molecule has 0 atom stereocenters. The van der Waals surface area contributed by atoms with Gasteiger partial charge in [0.25, 0.3) is 0 Å². The molecule has 110 valence electrons. The SMILES string of the molecule is CN(C)c1cc(CSCc2cccc(C(N)=O)c2)ccn1. The number of carbonyl (C=O) groups excluding carboxylic acids is 1. The van der Waals surface area contributed by atoms with Crippen molar-refractivity contribution >= 4 is 23.5 Å². The number of hydrogen-bond acceptors (Lipinski definition) is 4. The monoisotopic (exact) mass is 301 g/mol. The molecular weight excluding hydrogens is 282 g/mol. The minimum Gasteiger partial charge on any atom is -0.366 e. The highest BCUT2D eigenvalue weighted by molar-refractivity contribution is 7.97. The van der Waals surface area contributed by atoms with Gasteiger partial charge in [-0.15, -0.1) is 0 Å². The van der Waals surface area contributed by atoms with E-state index < -0.39 is 0 Å². The van der Waals surface area contributed by atoms with Crippen molar-refractivity contribution in [2.24, 2.45) is 5.73 Å². The van der Waals surface area contributed by atoms with E-state index in [4.69, 9.17) is 5.73 Å². The average Bonchev–Trinajstić information content (AvgIpc) is 2.48. The fourth-order valence-corrected chi connectivity index (χ4v) is 2.83. The number of nitrogens with two attached hydrogens (primary N) is 1. The molecule has 4 nitrogen and oxygen atoms in total. The molecule has 21 heavy (non-hydrogen) atoms. The lowest BCUT2D eigenvalue weighted by molar-refractivity contribution is 0.1000. The lowest BCUT2D eigenvalue weighted by Crippen LogP contribution is -2.10. The Hall–Kier alpha value is -2.01. The summed E-state index contributed by atoms with van der Waals surface area (Å²) in [6, 6.07) is 11.6. The Labute approximate surface area is 129 Å². The molecule has 2 N–H and O–H groups in total. The van der Waals surface area contributed by atoms with Crippen LogP contribution in [0.2, 0.25) is 0 Å². The predicted octanol–water partition coefficient (Wildman–Crippen LogP) is 2.68. The van der Waals surface area contributed by atoms with Crippen LogP contribution in [0.15, 0.2) is 42.6 Å². The van der Waals surface area contributed by atoms with E-state index in [1.165, 1.54) is 5.56 Å². The molecule has 0 bridgehead atoms. The van der Waals surface area contributed by atoms with Crippen molar-refractivity contribution in [1.82, 2.24) is 4.98 Å². The molecular formula is C16H19N3OS. The summed E-state index contributed by atoms with van der Waals surface area (Å²) < 4.78 is 0. The van der Waals surface area contributed by atoms with E-state index in [9.17, 15) is 4.79 Å². The molecule has 2 aromatic rings. The first-order chi connectivity index (χ1) is 10.1. The van der Waals surface area contributed by atoms with Crippen LogP contribution >= 0.6 is 11.8 Å². The minimum atomic E-state index is -0.383. The topological polar surface area (TPSA) is 59.2 Å². The van der Waals surface area contributed by atoms with Crippen molar-refractivity contribution in [2.45, 2.75) is 11.5 Å². The zero-order valence-corrected chi connectivity index (χ0v) is 13.1. The number of pyridine rings is 1. The van der Waals surface area contributed by atoms with Gasteiger partial charge in [0.15, 0.2) is 0 Å². The molecule has 0 fully saturated rings. The molecule has 0 radical (unpaired) electrons. The Morgan fingerprint density at radius 3 is 2.57 bits per heavy atom. The van der Waals surface area contributed by atoms with Crippen LogP contribution in [0.1, 0.15) is 21.5 Å². The van der Waals surface area contributed by atoms with Crippen molar-refractivity contribution in [3.63, 3.8) is 0 Å². The highest BCUT2D eigenvalue weighted by Gasteiger charge is 2.03. The highest BCUT2D eigenvalue weighted by atomic mass is 32.2. The molecule has 5 heteroatoms. The maximum atomic E-state index is 11.2. The van der Waals surface area contributed by atoms with E-state index in [1.807, 2.05) is 49.5 Å². The number of benzene rings is 1. The van der Waals surface area contributed by atoms with Crippen LogP contribution in [0.4, 0.5) is 5.82 Å². The molecule has 1 aromatic heterocycles. The summed E-state index contributed by atoms with van der Waals surface area (Å²) in [7, 11) is 3.96. The first-order valence-electron chi connectivity index (χ1n) is 6.65. The van der Waals surface area contributed by atoms with Gasteiger partial charge < -0.3 is 10.6 Å². The van der Waals surface area contributed by atoms with Gasteiger partial charge in [0, 0.05) is 37.4 Å². The number of thioether (sulfide) groups is 1. The molecule has 1 amide bonds. The summed E-state index contributed by atoms with van der Waals surface area (Å²) in [4.78, 5) is 17.4. The maximum absolute atomic E-state index is 11.2. The maximum Gasteiger partial charge on any atom is 0.248 e. The van der Waals surface area contributed by atoms with Crippen molar-refractivity contribution < 1.29 is 4.79 Å².